The zero-order valence-electron chi connectivity index (χ0n) is 7.35. The Bertz CT molecular complexity index is 281. The lowest BCUT2D eigenvalue weighted by Gasteiger charge is -2.18. The van der Waals surface area contributed by atoms with Gasteiger partial charge in [0.2, 0.25) is 0 Å². The van der Waals surface area contributed by atoms with Gasteiger partial charge in [-0.15, -0.1) is 0 Å². The summed E-state index contributed by atoms with van der Waals surface area (Å²) >= 11 is 0. The SMILES string of the molecule is CNc1ccc2c(c1)NCCC2. The fourth-order valence-electron chi connectivity index (χ4n) is 1.62. The van der Waals surface area contributed by atoms with Crippen LogP contribution in [0.3, 0.4) is 0 Å². The molecule has 0 saturated carbocycles. The maximum absolute atomic E-state index is 3.40. The molecule has 12 heavy (non-hydrogen) atoms. The van der Waals surface area contributed by atoms with Crippen LogP contribution >= 0.6 is 0 Å². The molecule has 2 N–H and O–H groups in total. The van der Waals surface area contributed by atoms with Crippen molar-refractivity contribution in [1.82, 2.24) is 0 Å². The van der Waals surface area contributed by atoms with Crippen LogP contribution in [0, 0.1) is 0 Å². The van der Waals surface area contributed by atoms with E-state index >= 15 is 0 Å². The average molecular weight is 162 g/mol. The van der Waals surface area contributed by atoms with Crippen LogP contribution in [0.25, 0.3) is 0 Å². The van der Waals surface area contributed by atoms with Gasteiger partial charge in [0, 0.05) is 25.0 Å². The molecule has 2 rings (SSSR count). The van der Waals surface area contributed by atoms with Gasteiger partial charge in [0.15, 0.2) is 0 Å². The predicted molar refractivity (Wildman–Crippen MR) is 52.8 cm³/mol. The molecule has 0 spiro atoms. The summed E-state index contributed by atoms with van der Waals surface area (Å²) in [5.74, 6) is 0. The molecule has 1 aromatic carbocycles. The normalized spacial score (nSPS) is 14.8. The number of hydrogen-bond acceptors (Lipinski definition) is 2. The summed E-state index contributed by atoms with van der Waals surface area (Å²) in [5, 5.41) is 6.53. The molecule has 64 valence electrons. The van der Waals surface area contributed by atoms with Crippen molar-refractivity contribution >= 4 is 11.4 Å². The second-order valence-electron chi connectivity index (χ2n) is 3.15. The van der Waals surface area contributed by atoms with Crippen molar-refractivity contribution in [2.24, 2.45) is 0 Å². The minimum atomic E-state index is 1.11. The van der Waals surface area contributed by atoms with Crippen LogP contribution in [0.2, 0.25) is 0 Å². The third kappa shape index (κ3) is 1.24. The number of anilines is 2. The molecule has 0 atom stereocenters. The van der Waals surface area contributed by atoms with Crippen LogP contribution in [-0.4, -0.2) is 13.6 Å². The number of aryl methyl sites for hydroxylation is 1. The first-order valence-electron chi connectivity index (χ1n) is 4.45. The summed E-state index contributed by atoms with van der Waals surface area (Å²) in [4.78, 5) is 0. The quantitative estimate of drug-likeness (QED) is 0.660. The summed E-state index contributed by atoms with van der Waals surface area (Å²) in [6, 6.07) is 6.51. The topological polar surface area (TPSA) is 24.1 Å². The summed E-state index contributed by atoms with van der Waals surface area (Å²) in [5.41, 5.74) is 3.93. The maximum atomic E-state index is 3.40. The molecule has 2 nitrogen and oxygen atoms in total. The van der Waals surface area contributed by atoms with E-state index in [-0.39, 0.29) is 0 Å². The first-order chi connectivity index (χ1) is 5.90. The molecule has 0 saturated heterocycles. The summed E-state index contributed by atoms with van der Waals surface area (Å²) in [7, 11) is 1.95. The molecule has 0 bridgehead atoms. The molecular weight excluding hydrogens is 148 g/mol. The largest absolute Gasteiger partial charge is 0.388 e. The van der Waals surface area contributed by atoms with Crippen molar-refractivity contribution in [3.8, 4) is 0 Å². The van der Waals surface area contributed by atoms with Crippen molar-refractivity contribution < 1.29 is 0 Å². The van der Waals surface area contributed by atoms with Gasteiger partial charge in [-0.25, -0.2) is 0 Å². The van der Waals surface area contributed by atoms with Gasteiger partial charge in [0.25, 0.3) is 0 Å². The summed E-state index contributed by atoms with van der Waals surface area (Å²) < 4.78 is 0. The molecule has 1 aliphatic rings. The van der Waals surface area contributed by atoms with Crippen LogP contribution in [-0.2, 0) is 6.42 Å². The van der Waals surface area contributed by atoms with Gasteiger partial charge < -0.3 is 10.6 Å². The van der Waals surface area contributed by atoms with Crippen LogP contribution in [0.15, 0.2) is 18.2 Å². The fraction of sp³-hybridized carbons (Fsp3) is 0.400. The Morgan fingerprint density at radius 3 is 3.17 bits per heavy atom. The lowest BCUT2D eigenvalue weighted by atomic mass is 10.0. The van der Waals surface area contributed by atoms with E-state index in [1.54, 1.807) is 0 Å². The lowest BCUT2D eigenvalue weighted by Crippen LogP contribution is -2.11. The van der Waals surface area contributed by atoms with Gasteiger partial charge in [-0.1, -0.05) is 6.07 Å². The van der Waals surface area contributed by atoms with Gasteiger partial charge in [-0.2, -0.15) is 0 Å². The smallest absolute Gasteiger partial charge is 0.0393 e. The second-order valence-corrected chi connectivity index (χ2v) is 3.15. The lowest BCUT2D eigenvalue weighted by molar-refractivity contribution is 0.830. The molecule has 0 radical (unpaired) electrons. The van der Waals surface area contributed by atoms with Gasteiger partial charge in [-0.3, -0.25) is 0 Å². The third-order valence-corrected chi connectivity index (χ3v) is 2.34. The van der Waals surface area contributed by atoms with E-state index in [0.29, 0.717) is 0 Å². The highest BCUT2D eigenvalue weighted by Gasteiger charge is 2.07. The highest BCUT2D eigenvalue weighted by atomic mass is 14.9. The van der Waals surface area contributed by atoms with E-state index in [0.717, 1.165) is 6.54 Å². The molecule has 1 heterocycles. The van der Waals surface area contributed by atoms with Gasteiger partial charge >= 0.3 is 0 Å². The predicted octanol–water partition coefficient (Wildman–Crippen LogP) is 2.09. The zero-order chi connectivity index (χ0) is 8.39. The second kappa shape index (κ2) is 3.05. The summed E-state index contributed by atoms with van der Waals surface area (Å²) in [6.07, 6.45) is 2.47. The molecule has 0 aliphatic carbocycles. The zero-order valence-corrected chi connectivity index (χ0v) is 7.35. The third-order valence-electron chi connectivity index (χ3n) is 2.34. The van der Waals surface area contributed by atoms with Gasteiger partial charge in [-0.05, 0) is 30.5 Å². The van der Waals surface area contributed by atoms with Crippen LogP contribution in [0.5, 0.6) is 0 Å². The highest BCUT2D eigenvalue weighted by molar-refractivity contribution is 5.62. The number of benzene rings is 1. The maximum Gasteiger partial charge on any atom is 0.0393 e. The number of fused-ring (bicyclic) bond motifs is 1. The van der Waals surface area contributed by atoms with Crippen molar-refractivity contribution in [3.63, 3.8) is 0 Å². The standard InChI is InChI=1S/C10H14N2/c1-11-9-5-4-8-3-2-6-12-10(8)7-9/h4-5,7,11-12H,2-3,6H2,1H3. The van der Waals surface area contributed by atoms with Crippen molar-refractivity contribution in [2.75, 3.05) is 24.2 Å². The molecule has 0 unspecified atom stereocenters. The molecule has 0 fully saturated rings. The Morgan fingerprint density at radius 2 is 2.33 bits per heavy atom. The van der Waals surface area contributed by atoms with Gasteiger partial charge in [0.05, 0.1) is 0 Å². The van der Waals surface area contributed by atoms with Gasteiger partial charge in [0.1, 0.15) is 0 Å². The number of hydrogen-bond donors (Lipinski definition) is 2. The average Bonchev–Trinajstić information content (AvgIpc) is 2.17. The minimum absolute atomic E-state index is 1.11. The monoisotopic (exact) mass is 162 g/mol. The van der Waals surface area contributed by atoms with E-state index in [1.165, 1.54) is 29.8 Å². The Labute approximate surface area is 73.0 Å². The molecular formula is C10H14N2. The Balaban J connectivity index is 2.36. The van der Waals surface area contributed by atoms with E-state index in [1.807, 2.05) is 7.05 Å². The van der Waals surface area contributed by atoms with E-state index in [4.69, 9.17) is 0 Å². The molecule has 1 aromatic rings. The van der Waals surface area contributed by atoms with Crippen LogP contribution < -0.4 is 10.6 Å². The fourth-order valence-corrected chi connectivity index (χ4v) is 1.62. The minimum Gasteiger partial charge on any atom is -0.388 e. The molecule has 1 aliphatic heterocycles. The van der Waals surface area contributed by atoms with E-state index < -0.39 is 0 Å². The molecule has 0 amide bonds. The number of nitrogens with one attached hydrogen (secondary N) is 2. The van der Waals surface area contributed by atoms with E-state index in [2.05, 4.69) is 28.8 Å². The van der Waals surface area contributed by atoms with Crippen molar-refractivity contribution in [3.05, 3.63) is 23.8 Å². The van der Waals surface area contributed by atoms with Crippen molar-refractivity contribution in [2.45, 2.75) is 12.8 Å². The summed E-state index contributed by atoms with van der Waals surface area (Å²) in [6.45, 7) is 1.11. The van der Waals surface area contributed by atoms with Crippen LogP contribution in [0.4, 0.5) is 11.4 Å². The molecule has 2 heteroatoms. The highest BCUT2D eigenvalue weighted by Crippen LogP contribution is 2.24. The Morgan fingerprint density at radius 1 is 1.42 bits per heavy atom. The first-order valence-corrected chi connectivity index (χ1v) is 4.45. The molecule has 0 aromatic heterocycles. The first kappa shape index (κ1) is 7.47. The van der Waals surface area contributed by atoms with E-state index in [9.17, 15) is 0 Å². The van der Waals surface area contributed by atoms with Crippen LogP contribution in [0.1, 0.15) is 12.0 Å². The Kier molecular flexibility index (Phi) is 1.90. The Hall–Kier alpha value is -1.18. The number of rotatable bonds is 1. The van der Waals surface area contributed by atoms with Crippen molar-refractivity contribution in [1.29, 1.82) is 0 Å².